The highest BCUT2D eigenvalue weighted by Gasteiger charge is 2.11. The van der Waals surface area contributed by atoms with E-state index >= 15 is 0 Å². The minimum Gasteiger partial charge on any atom is -0.496 e. The van der Waals surface area contributed by atoms with Crippen LogP contribution in [0.25, 0.3) is 10.4 Å². The van der Waals surface area contributed by atoms with Crippen LogP contribution in [0.15, 0.2) is 27.8 Å². The molecule has 0 spiro atoms. The van der Waals surface area contributed by atoms with Gasteiger partial charge in [0.1, 0.15) is 5.75 Å². The number of methoxy groups -OCH3 is 1. The second kappa shape index (κ2) is 8.39. The minimum absolute atomic E-state index is 0.173. The molecule has 6 nitrogen and oxygen atoms in total. The van der Waals surface area contributed by atoms with Crippen LogP contribution in [0, 0.1) is 0 Å². The van der Waals surface area contributed by atoms with Crippen molar-refractivity contribution < 1.29 is 9.53 Å². The van der Waals surface area contributed by atoms with Crippen molar-refractivity contribution in [2.24, 2.45) is 5.11 Å². The summed E-state index contributed by atoms with van der Waals surface area (Å²) in [6, 6.07) is 5.24. The number of unbranched alkanes of at least 4 members (excludes halogenated alkanes) is 1. The van der Waals surface area contributed by atoms with Crippen LogP contribution in [0.1, 0.15) is 23.2 Å². The van der Waals surface area contributed by atoms with E-state index in [0.29, 0.717) is 24.4 Å². The summed E-state index contributed by atoms with van der Waals surface area (Å²) >= 11 is 3.32. The van der Waals surface area contributed by atoms with Gasteiger partial charge in [-0.05, 0) is 36.6 Å². The molecule has 1 amide bonds. The molecule has 0 saturated carbocycles. The van der Waals surface area contributed by atoms with Crippen molar-refractivity contribution in [3.8, 4) is 5.75 Å². The van der Waals surface area contributed by atoms with Gasteiger partial charge < -0.3 is 10.1 Å². The van der Waals surface area contributed by atoms with Gasteiger partial charge in [0.15, 0.2) is 0 Å². The largest absolute Gasteiger partial charge is 0.496 e. The molecule has 0 fully saturated rings. The number of carbonyl (C=O) groups excluding carboxylic acids is 1. The molecule has 1 N–H and O–H groups in total. The molecule has 0 aliphatic heterocycles. The van der Waals surface area contributed by atoms with Crippen LogP contribution in [0.2, 0.25) is 0 Å². The molecule has 19 heavy (non-hydrogen) atoms. The molecule has 0 bridgehead atoms. The Bertz CT molecular complexity index is 487. The third kappa shape index (κ3) is 5.19. The fraction of sp³-hybridized carbons (Fsp3) is 0.417. The summed E-state index contributed by atoms with van der Waals surface area (Å²) < 4.78 is 6.02. The zero-order valence-corrected chi connectivity index (χ0v) is 12.2. The van der Waals surface area contributed by atoms with E-state index in [1.807, 2.05) is 0 Å². The number of hydrogen-bond acceptors (Lipinski definition) is 3. The molecule has 0 radical (unpaired) electrons. The molecule has 1 rings (SSSR count). The molecule has 7 heteroatoms. The smallest absolute Gasteiger partial charge is 0.255 e. The first kappa shape index (κ1) is 15.3. The van der Waals surface area contributed by atoms with Crippen molar-refractivity contribution in [2.75, 3.05) is 20.2 Å². The Labute approximate surface area is 119 Å². The van der Waals surface area contributed by atoms with Crippen molar-refractivity contribution in [3.05, 3.63) is 38.7 Å². The van der Waals surface area contributed by atoms with E-state index < -0.39 is 0 Å². The Morgan fingerprint density at radius 1 is 1.53 bits per heavy atom. The summed E-state index contributed by atoms with van der Waals surface area (Å²) in [7, 11) is 1.53. The highest BCUT2D eigenvalue weighted by atomic mass is 79.9. The fourth-order valence-corrected chi connectivity index (χ4v) is 1.84. The van der Waals surface area contributed by atoms with Crippen LogP contribution in [0.4, 0.5) is 0 Å². The lowest BCUT2D eigenvalue weighted by Crippen LogP contribution is -2.25. The van der Waals surface area contributed by atoms with Crippen LogP contribution >= 0.6 is 15.9 Å². The van der Waals surface area contributed by atoms with Crippen LogP contribution in [0.3, 0.4) is 0 Å². The summed E-state index contributed by atoms with van der Waals surface area (Å²) in [5.41, 5.74) is 8.61. The summed E-state index contributed by atoms with van der Waals surface area (Å²) in [6.45, 7) is 0.993. The quantitative estimate of drug-likeness (QED) is 0.360. The highest BCUT2D eigenvalue weighted by molar-refractivity contribution is 9.10. The molecule has 0 aliphatic rings. The van der Waals surface area contributed by atoms with Gasteiger partial charge in [0.05, 0.1) is 12.7 Å². The zero-order chi connectivity index (χ0) is 14.1. The summed E-state index contributed by atoms with van der Waals surface area (Å²) in [4.78, 5) is 14.6. The first-order chi connectivity index (χ1) is 9.19. The van der Waals surface area contributed by atoms with E-state index in [-0.39, 0.29) is 5.91 Å². The number of benzene rings is 1. The topological polar surface area (TPSA) is 87.1 Å². The number of hydrogen-bond donors (Lipinski definition) is 1. The molecule has 0 saturated heterocycles. The number of ether oxygens (including phenoxy) is 1. The van der Waals surface area contributed by atoms with E-state index in [4.69, 9.17) is 10.3 Å². The number of nitrogens with one attached hydrogen (secondary N) is 1. The number of nitrogens with zero attached hydrogens (tertiary/aromatic N) is 3. The van der Waals surface area contributed by atoms with Gasteiger partial charge in [-0.3, -0.25) is 4.79 Å². The SMILES string of the molecule is COc1cc(Br)ccc1C(=O)NCCCCN=[N+]=[N-]. The summed E-state index contributed by atoms with van der Waals surface area (Å²) in [5.74, 6) is 0.356. The molecule has 0 unspecified atom stereocenters. The van der Waals surface area contributed by atoms with E-state index in [9.17, 15) is 4.79 Å². The molecule has 0 aliphatic carbocycles. The van der Waals surface area contributed by atoms with Gasteiger partial charge in [0.2, 0.25) is 0 Å². The first-order valence-corrected chi connectivity index (χ1v) is 6.61. The third-order valence-corrected chi connectivity index (χ3v) is 2.94. The van der Waals surface area contributed by atoms with Gasteiger partial charge in [0, 0.05) is 22.5 Å². The fourth-order valence-electron chi connectivity index (χ4n) is 1.50. The Hall–Kier alpha value is -1.72. The molecule has 0 aromatic heterocycles. The van der Waals surface area contributed by atoms with Gasteiger partial charge in [0.25, 0.3) is 5.91 Å². The van der Waals surface area contributed by atoms with E-state index in [1.54, 1.807) is 18.2 Å². The van der Waals surface area contributed by atoms with Gasteiger partial charge in [-0.2, -0.15) is 0 Å². The second-order valence-corrected chi connectivity index (χ2v) is 4.68. The van der Waals surface area contributed by atoms with Crippen LogP contribution < -0.4 is 10.1 Å². The maximum absolute atomic E-state index is 11.9. The molecule has 1 aromatic rings. The van der Waals surface area contributed by atoms with Crippen LogP contribution in [-0.2, 0) is 0 Å². The van der Waals surface area contributed by atoms with Gasteiger partial charge >= 0.3 is 0 Å². The predicted molar refractivity (Wildman–Crippen MR) is 76.3 cm³/mol. The highest BCUT2D eigenvalue weighted by Crippen LogP contribution is 2.23. The number of rotatable bonds is 7. The van der Waals surface area contributed by atoms with Crippen molar-refractivity contribution >= 4 is 21.8 Å². The molecule has 0 heterocycles. The van der Waals surface area contributed by atoms with Crippen molar-refractivity contribution in [2.45, 2.75) is 12.8 Å². The third-order valence-electron chi connectivity index (χ3n) is 2.44. The normalized spacial score (nSPS) is 9.58. The first-order valence-electron chi connectivity index (χ1n) is 5.81. The van der Waals surface area contributed by atoms with Gasteiger partial charge in [-0.1, -0.05) is 21.0 Å². The van der Waals surface area contributed by atoms with Crippen molar-refractivity contribution in [1.29, 1.82) is 0 Å². The number of azide groups is 1. The number of halogens is 1. The van der Waals surface area contributed by atoms with Gasteiger partial charge in [-0.15, -0.1) is 0 Å². The minimum atomic E-state index is -0.173. The maximum atomic E-state index is 11.9. The predicted octanol–water partition coefficient (Wildman–Crippen LogP) is 3.28. The lowest BCUT2D eigenvalue weighted by Gasteiger charge is -2.09. The van der Waals surface area contributed by atoms with E-state index in [1.165, 1.54) is 7.11 Å². The average Bonchev–Trinajstić information content (AvgIpc) is 2.42. The van der Waals surface area contributed by atoms with Crippen LogP contribution in [0.5, 0.6) is 5.75 Å². The molecular formula is C12H15BrN4O2. The zero-order valence-electron chi connectivity index (χ0n) is 10.6. The Kier molecular flexibility index (Phi) is 6.78. The number of carbonyl (C=O) groups is 1. The van der Waals surface area contributed by atoms with E-state index in [2.05, 4.69) is 31.3 Å². The van der Waals surface area contributed by atoms with Gasteiger partial charge in [-0.25, -0.2) is 0 Å². The molecular weight excluding hydrogens is 312 g/mol. The van der Waals surface area contributed by atoms with E-state index in [0.717, 1.165) is 17.3 Å². The monoisotopic (exact) mass is 326 g/mol. The molecule has 0 atom stereocenters. The Balaban J connectivity index is 2.47. The average molecular weight is 327 g/mol. The lowest BCUT2D eigenvalue weighted by atomic mass is 10.2. The van der Waals surface area contributed by atoms with Crippen LogP contribution in [-0.4, -0.2) is 26.1 Å². The van der Waals surface area contributed by atoms with Crippen molar-refractivity contribution in [1.82, 2.24) is 5.32 Å². The van der Waals surface area contributed by atoms with Crippen molar-refractivity contribution in [3.63, 3.8) is 0 Å². The second-order valence-electron chi connectivity index (χ2n) is 3.76. The summed E-state index contributed by atoms with van der Waals surface area (Å²) in [5, 5.41) is 6.23. The standard InChI is InChI=1S/C12H15BrN4O2/c1-19-11-8-9(13)4-5-10(11)12(18)15-6-2-3-7-16-17-14/h4-5,8H,2-3,6-7H2,1H3,(H,15,18). The lowest BCUT2D eigenvalue weighted by molar-refractivity contribution is 0.0950. The summed E-state index contributed by atoms with van der Waals surface area (Å²) in [6.07, 6.45) is 1.52. The molecule has 1 aromatic carbocycles. The maximum Gasteiger partial charge on any atom is 0.255 e. The Morgan fingerprint density at radius 3 is 3.00 bits per heavy atom. The Morgan fingerprint density at radius 2 is 2.32 bits per heavy atom. The number of amides is 1. The molecule has 102 valence electrons.